The molecule has 1 N–H and O–H groups in total. The summed E-state index contributed by atoms with van der Waals surface area (Å²) in [5.41, 5.74) is 3.10. The first kappa shape index (κ1) is 25.8. The van der Waals surface area contributed by atoms with Crippen molar-refractivity contribution in [3.63, 3.8) is 0 Å². The minimum absolute atomic E-state index is 0.150. The molecule has 12 heteroatoms. The van der Waals surface area contributed by atoms with E-state index in [1.807, 2.05) is 18.2 Å². The van der Waals surface area contributed by atoms with Crippen molar-refractivity contribution in [3.8, 4) is 0 Å². The lowest BCUT2D eigenvalue weighted by atomic mass is 10.0. The molecule has 0 saturated carbocycles. The van der Waals surface area contributed by atoms with Gasteiger partial charge in [-0.25, -0.2) is 0 Å². The molecule has 1 atom stereocenters. The van der Waals surface area contributed by atoms with Crippen molar-refractivity contribution in [3.05, 3.63) is 90.0 Å². The normalized spacial score (nSPS) is 14.9. The third-order valence-electron chi connectivity index (χ3n) is 6.26. The fourth-order valence-electron chi connectivity index (χ4n) is 4.48. The highest BCUT2D eigenvalue weighted by molar-refractivity contribution is 5.93. The number of piperazine rings is 1. The fourth-order valence-corrected chi connectivity index (χ4v) is 4.48. The molecule has 4 aromatic rings. The SMILES string of the molecule is CC(=O)Nc1cccc(/N=N/c2ccnc(C(=O)N3CCN(C(c4ccccc4)c4nnn(C)n4)CC3)c2)c1. The van der Waals surface area contributed by atoms with Crippen molar-refractivity contribution in [1.29, 1.82) is 0 Å². The van der Waals surface area contributed by atoms with E-state index in [4.69, 9.17) is 0 Å². The summed E-state index contributed by atoms with van der Waals surface area (Å²) in [6.45, 7) is 3.80. The molecule has 1 aliphatic rings. The number of azo groups is 1. The predicted octanol–water partition coefficient (Wildman–Crippen LogP) is 3.53. The number of aryl methyl sites for hydroxylation is 1. The number of amides is 2. The minimum Gasteiger partial charge on any atom is -0.335 e. The number of nitrogens with one attached hydrogen (secondary N) is 1. The number of carbonyl (C=O) groups is 2. The van der Waals surface area contributed by atoms with Crippen molar-refractivity contribution >= 4 is 28.9 Å². The zero-order valence-corrected chi connectivity index (χ0v) is 21.7. The Morgan fingerprint density at radius 3 is 2.36 bits per heavy atom. The van der Waals surface area contributed by atoms with Crippen molar-refractivity contribution in [1.82, 2.24) is 35.0 Å². The molecule has 2 amide bonds. The van der Waals surface area contributed by atoms with E-state index in [0.717, 1.165) is 5.56 Å². The molecule has 12 nitrogen and oxygen atoms in total. The van der Waals surface area contributed by atoms with Gasteiger partial charge in [0.15, 0.2) is 5.82 Å². The summed E-state index contributed by atoms with van der Waals surface area (Å²) >= 11 is 0. The average Bonchev–Trinajstić information content (AvgIpc) is 3.38. The number of carbonyl (C=O) groups excluding carboxylic acids is 2. The van der Waals surface area contributed by atoms with Gasteiger partial charge in [0.1, 0.15) is 5.69 Å². The van der Waals surface area contributed by atoms with Crippen LogP contribution in [0.2, 0.25) is 0 Å². The monoisotopic (exact) mass is 524 g/mol. The molecule has 1 saturated heterocycles. The van der Waals surface area contributed by atoms with Gasteiger partial charge in [0.05, 0.1) is 24.5 Å². The molecule has 0 bridgehead atoms. The van der Waals surface area contributed by atoms with Crippen LogP contribution in [-0.2, 0) is 11.8 Å². The van der Waals surface area contributed by atoms with Gasteiger partial charge >= 0.3 is 0 Å². The minimum atomic E-state index is -0.164. The Hall–Kier alpha value is -4.84. The smallest absolute Gasteiger partial charge is 0.272 e. The Morgan fingerprint density at radius 1 is 0.923 bits per heavy atom. The van der Waals surface area contributed by atoms with E-state index in [9.17, 15) is 9.59 Å². The second-order valence-electron chi connectivity index (χ2n) is 9.11. The van der Waals surface area contributed by atoms with Gasteiger partial charge in [-0.05, 0) is 41.1 Å². The average molecular weight is 525 g/mol. The number of tetrazole rings is 1. The Bertz CT molecular complexity index is 1480. The van der Waals surface area contributed by atoms with Gasteiger partial charge in [0, 0.05) is 45.0 Å². The van der Waals surface area contributed by atoms with Gasteiger partial charge in [0.2, 0.25) is 5.91 Å². The van der Waals surface area contributed by atoms with Crippen LogP contribution in [0.25, 0.3) is 0 Å². The first-order valence-electron chi connectivity index (χ1n) is 12.5. The second-order valence-corrected chi connectivity index (χ2v) is 9.11. The van der Waals surface area contributed by atoms with Crippen LogP contribution < -0.4 is 5.32 Å². The van der Waals surface area contributed by atoms with Crippen molar-refractivity contribution < 1.29 is 9.59 Å². The third kappa shape index (κ3) is 6.36. The molecule has 1 aliphatic heterocycles. The van der Waals surface area contributed by atoms with Crippen LogP contribution in [0, 0.1) is 0 Å². The molecular weight excluding hydrogens is 496 g/mol. The van der Waals surface area contributed by atoms with Crippen LogP contribution in [0.3, 0.4) is 0 Å². The number of anilines is 1. The molecule has 2 aromatic heterocycles. The highest BCUT2D eigenvalue weighted by atomic mass is 16.2. The van der Waals surface area contributed by atoms with E-state index in [1.54, 1.807) is 54.5 Å². The van der Waals surface area contributed by atoms with E-state index >= 15 is 0 Å². The number of rotatable bonds is 7. The van der Waals surface area contributed by atoms with Crippen LogP contribution in [-0.4, -0.2) is 73.0 Å². The van der Waals surface area contributed by atoms with E-state index in [2.05, 4.69) is 53.0 Å². The molecule has 3 heterocycles. The molecule has 1 fully saturated rings. The van der Waals surface area contributed by atoms with Crippen LogP contribution >= 0.6 is 0 Å². The van der Waals surface area contributed by atoms with Gasteiger partial charge < -0.3 is 10.2 Å². The van der Waals surface area contributed by atoms with Crippen LogP contribution in [0.4, 0.5) is 17.1 Å². The molecule has 2 aromatic carbocycles. The summed E-state index contributed by atoms with van der Waals surface area (Å²) in [6, 6.07) is 20.3. The van der Waals surface area contributed by atoms with Crippen molar-refractivity contribution in [2.75, 3.05) is 31.5 Å². The zero-order chi connectivity index (χ0) is 27.2. The first-order valence-corrected chi connectivity index (χ1v) is 12.5. The highest BCUT2D eigenvalue weighted by Crippen LogP contribution is 2.27. The third-order valence-corrected chi connectivity index (χ3v) is 6.26. The van der Waals surface area contributed by atoms with E-state index < -0.39 is 0 Å². The lowest BCUT2D eigenvalue weighted by Gasteiger charge is -2.38. The number of nitrogens with zero attached hydrogens (tertiary/aromatic N) is 9. The number of benzene rings is 2. The van der Waals surface area contributed by atoms with Crippen LogP contribution in [0.5, 0.6) is 0 Å². The molecule has 39 heavy (non-hydrogen) atoms. The largest absolute Gasteiger partial charge is 0.335 e. The fraction of sp³-hybridized carbons (Fsp3) is 0.259. The van der Waals surface area contributed by atoms with Gasteiger partial charge in [-0.3, -0.25) is 19.5 Å². The number of aromatic nitrogens is 5. The second kappa shape index (κ2) is 11.7. The number of hydrogen-bond donors (Lipinski definition) is 1. The van der Waals surface area contributed by atoms with Crippen LogP contribution in [0.15, 0.2) is 83.2 Å². The summed E-state index contributed by atoms with van der Waals surface area (Å²) in [4.78, 5) is 34.4. The van der Waals surface area contributed by atoms with E-state index in [0.29, 0.717) is 54.8 Å². The molecule has 1 unspecified atom stereocenters. The van der Waals surface area contributed by atoms with Crippen molar-refractivity contribution in [2.45, 2.75) is 13.0 Å². The molecule has 0 aliphatic carbocycles. The summed E-state index contributed by atoms with van der Waals surface area (Å²) in [7, 11) is 1.75. The van der Waals surface area contributed by atoms with Gasteiger partial charge in [0.25, 0.3) is 5.91 Å². The first-order chi connectivity index (χ1) is 19.0. The predicted molar refractivity (Wildman–Crippen MR) is 144 cm³/mol. The standard InChI is InChI=1S/C27H28N10O2/c1-19(38)29-21-9-6-10-22(17-21)30-31-23-11-12-28-24(18-23)27(39)37-15-13-36(14-16-37)25(20-7-4-3-5-8-20)26-32-34-35(2)33-26/h3-12,17-18,25H,13-16H2,1-2H3,(H,29,38)/b31-30+. The highest BCUT2D eigenvalue weighted by Gasteiger charge is 2.31. The summed E-state index contributed by atoms with van der Waals surface area (Å²) < 4.78 is 0. The molecule has 5 rings (SSSR count). The maximum absolute atomic E-state index is 13.3. The maximum atomic E-state index is 13.3. The Morgan fingerprint density at radius 2 is 1.67 bits per heavy atom. The zero-order valence-electron chi connectivity index (χ0n) is 21.7. The molecule has 198 valence electrons. The van der Waals surface area contributed by atoms with Crippen molar-refractivity contribution in [2.24, 2.45) is 17.3 Å². The van der Waals surface area contributed by atoms with Gasteiger partial charge in [-0.1, -0.05) is 36.4 Å². The summed E-state index contributed by atoms with van der Waals surface area (Å²) in [5.74, 6) is 0.308. The van der Waals surface area contributed by atoms with E-state index in [-0.39, 0.29) is 17.9 Å². The Labute approximate surface area is 225 Å². The lowest BCUT2D eigenvalue weighted by Crippen LogP contribution is -2.50. The molecule has 0 radical (unpaired) electrons. The Balaban J connectivity index is 1.25. The maximum Gasteiger partial charge on any atom is 0.272 e. The van der Waals surface area contributed by atoms with Gasteiger partial charge in [-0.2, -0.15) is 15.0 Å². The summed E-state index contributed by atoms with van der Waals surface area (Å²) in [5, 5.41) is 24.0. The lowest BCUT2D eigenvalue weighted by molar-refractivity contribution is -0.114. The summed E-state index contributed by atoms with van der Waals surface area (Å²) in [6.07, 6.45) is 1.55. The Kier molecular flexibility index (Phi) is 7.73. The molecular formula is C27H28N10O2. The number of hydrogen-bond acceptors (Lipinski definition) is 9. The topological polar surface area (TPSA) is 134 Å². The number of pyridine rings is 1. The van der Waals surface area contributed by atoms with Gasteiger partial charge in [-0.15, -0.1) is 10.2 Å². The van der Waals surface area contributed by atoms with E-state index in [1.165, 1.54) is 11.7 Å². The van der Waals surface area contributed by atoms with Crippen LogP contribution in [0.1, 0.15) is 34.8 Å². The quantitative estimate of drug-likeness (QED) is 0.366. The molecule has 0 spiro atoms.